The van der Waals surface area contributed by atoms with Crippen molar-refractivity contribution in [3.8, 4) is 11.1 Å². The van der Waals surface area contributed by atoms with Crippen LogP contribution in [-0.2, 0) is 0 Å². The van der Waals surface area contributed by atoms with Gasteiger partial charge < -0.3 is 0 Å². The van der Waals surface area contributed by atoms with Gasteiger partial charge >= 0.3 is 0 Å². The second kappa shape index (κ2) is 6.15. The molecule has 0 aliphatic rings. The Balaban J connectivity index is 1.97. The van der Waals surface area contributed by atoms with E-state index in [-0.39, 0.29) is 5.82 Å². The van der Waals surface area contributed by atoms with Crippen molar-refractivity contribution < 1.29 is 4.39 Å². The first-order chi connectivity index (χ1) is 14.3. The first-order valence-corrected chi connectivity index (χ1v) is 9.82. The summed E-state index contributed by atoms with van der Waals surface area (Å²) in [6, 6.07) is 34.7. The molecule has 0 aliphatic carbocycles. The molecule has 6 rings (SSSR count). The maximum atomic E-state index is 15.3. The summed E-state index contributed by atoms with van der Waals surface area (Å²) in [5.41, 5.74) is 2.08. The van der Waals surface area contributed by atoms with Crippen molar-refractivity contribution in [1.29, 1.82) is 0 Å². The molecule has 0 N–H and O–H groups in total. The molecular weight excluding hydrogens is 355 g/mol. The maximum Gasteiger partial charge on any atom is 0.131 e. The molecular formula is C28H17F. The van der Waals surface area contributed by atoms with Crippen LogP contribution in [0.25, 0.3) is 54.2 Å². The molecule has 29 heavy (non-hydrogen) atoms. The van der Waals surface area contributed by atoms with Gasteiger partial charge in [0.1, 0.15) is 5.82 Å². The lowest BCUT2D eigenvalue weighted by molar-refractivity contribution is 0.640. The van der Waals surface area contributed by atoms with Crippen LogP contribution in [0.4, 0.5) is 4.39 Å². The van der Waals surface area contributed by atoms with E-state index in [1.807, 2.05) is 18.2 Å². The van der Waals surface area contributed by atoms with Crippen molar-refractivity contribution in [2.24, 2.45) is 0 Å². The number of rotatable bonds is 1. The van der Waals surface area contributed by atoms with E-state index in [2.05, 4.69) is 72.8 Å². The molecule has 0 unspecified atom stereocenters. The molecule has 6 aromatic carbocycles. The molecule has 0 radical (unpaired) electrons. The molecule has 0 aromatic heterocycles. The summed E-state index contributed by atoms with van der Waals surface area (Å²) >= 11 is 0. The molecule has 0 aliphatic heterocycles. The smallest absolute Gasteiger partial charge is 0.131 e. The minimum absolute atomic E-state index is 0.180. The van der Waals surface area contributed by atoms with Gasteiger partial charge in [-0.3, -0.25) is 0 Å². The number of hydrogen-bond acceptors (Lipinski definition) is 0. The fourth-order valence-electron chi connectivity index (χ4n) is 4.62. The number of halogens is 1. The third kappa shape index (κ3) is 2.37. The highest BCUT2D eigenvalue weighted by Gasteiger charge is 2.17. The summed E-state index contributed by atoms with van der Waals surface area (Å²) in [4.78, 5) is 0. The lowest BCUT2D eigenvalue weighted by Gasteiger charge is -2.17. The molecule has 0 spiro atoms. The van der Waals surface area contributed by atoms with Crippen molar-refractivity contribution in [1.82, 2.24) is 0 Å². The Morgan fingerprint density at radius 3 is 1.45 bits per heavy atom. The zero-order valence-corrected chi connectivity index (χ0v) is 15.7. The zero-order valence-electron chi connectivity index (χ0n) is 15.7. The van der Waals surface area contributed by atoms with Crippen molar-refractivity contribution in [3.63, 3.8) is 0 Å². The molecule has 0 fully saturated rings. The predicted octanol–water partition coefficient (Wildman–Crippen LogP) is 8.11. The number of fused-ring (bicyclic) bond motifs is 4. The highest BCUT2D eigenvalue weighted by Crippen LogP contribution is 2.44. The van der Waals surface area contributed by atoms with Gasteiger partial charge in [0.25, 0.3) is 0 Å². The Morgan fingerprint density at radius 1 is 0.414 bits per heavy atom. The number of benzene rings is 6. The van der Waals surface area contributed by atoms with Gasteiger partial charge in [0, 0.05) is 10.9 Å². The van der Waals surface area contributed by atoms with Gasteiger partial charge in [0.05, 0.1) is 0 Å². The van der Waals surface area contributed by atoms with Crippen LogP contribution in [0.1, 0.15) is 0 Å². The third-order valence-corrected chi connectivity index (χ3v) is 5.86. The summed E-state index contributed by atoms with van der Waals surface area (Å²) in [5.74, 6) is -0.180. The largest absolute Gasteiger partial charge is 0.206 e. The van der Waals surface area contributed by atoms with E-state index < -0.39 is 0 Å². The monoisotopic (exact) mass is 372 g/mol. The van der Waals surface area contributed by atoms with E-state index in [0.717, 1.165) is 38.1 Å². The molecule has 0 saturated heterocycles. The van der Waals surface area contributed by atoms with Crippen LogP contribution in [0.3, 0.4) is 0 Å². The van der Waals surface area contributed by atoms with E-state index in [1.54, 1.807) is 12.1 Å². The molecule has 0 atom stereocenters. The highest BCUT2D eigenvalue weighted by atomic mass is 19.1. The van der Waals surface area contributed by atoms with E-state index in [9.17, 15) is 0 Å². The highest BCUT2D eigenvalue weighted by molar-refractivity contribution is 6.23. The molecule has 1 heteroatoms. The Kier molecular flexibility index (Phi) is 3.45. The normalized spacial score (nSPS) is 11.6. The van der Waals surface area contributed by atoms with E-state index in [0.29, 0.717) is 5.39 Å². The minimum atomic E-state index is -0.180. The summed E-state index contributed by atoms with van der Waals surface area (Å²) in [6.45, 7) is 0. The van der Waals surface area contributed by atoms with Crippen molar-refractivity contribution in [2.75, 3.05) is 0 Å². The lowest BCUT2D eigenvalue weighted by Crippen LogP contribution is -1.91. The number of hydrogen-bond donors (Lipinski definition) is 0. The standard InChI is InChI=1S/C28H17F/c29-25-15-7-11-21-17-20-10-3-6-14-24(20)28(26(21)25)27-22-12-4-1-8-18(22)16-19-9-2-5-13-23(19)27/h1-17H. The maximum absolute atomic E-state index is 15.3. The second-order valence-electron chi connectivity index (χ2n) is 7.50. The molecule has 0 heterocycles. The van der Waals surface area contributed by atoms with Crippen molar-refractivity contribution in [3.05, 3.63) is 109 Å². The zero-order chi connectivity index (χ0) is 19.4. The first kappa shape index (κ1) is 16.3. The average molecular weight is 372 g/mol. The van der Waals surface area contributed by atoms with Crippen molar-refractivity contribution in [2.45, 2.75) is 0 Å². The van der Waals surface area contributed by atoms with Gasteiger partial charge in [-0.15, -0.1) is 0 Å². The average Bonchev–Trinajstić information content (AvgIpc) is 2.76. The fraction of sp³-hybridized carbons (Fsp3) is 0. The second-order valence-corrected chi connectivity index (χ2v) is 7.50. The van der Waals surface area contributed by atoms with Gasteiger partial charge in [0.15, 0.2) is 0 Å². The van der Waals surface area contributed by atoms with Crippen molar-refractivity contribution >= 4 is 43.1 Å². The van der Waals surface area contributed by atoms with E-state index in [4.69, 9.17) is 0 Å². The van der Waals surface area contributed by atoms with Crippen LogP contribution < -0.4 is 0 Å². The SMILES string of the molecule is Fc1cccc2cc3ccccc3c(-c3c4ccccc4cc4ccccc34)c12. The van der Waals surface area contributed by atoms with Gasteiger partial charge in [-0.1, -0.05) is 84.9 Å². The molecule has 0 nitrogen and oxygen atoms in total. The van der Waals surface area contributed by atoms with Gasteiger partial charge in [0.2, 0.25) is 0 Å². The summed E-state index contributed by atoms with van der Waals surface area (Å²) < 4.78 is 15.3. The molecule has 0 amide bonds. The molecule has 6 aromatic rings. The van der Waals surface area contributed by atoms with Crippen LogP contribution in [0.2, 0.25) is 0 Å². The van der Waals surface area contributed by atoms with Crippen LogP contribution >= 0.6 is 0 Å². The lowest BCUT2D eigenvalue weighted by atomic mass is 9.86. The third-order valence-electron chi connectivity index (χ3n) is 5.86. The minimum Gasteiger partial charge on any atom is -0.206 e. The van der Waals surface area contributed by atoms with Crippen LogP contribution in [-0.4, -0.2) is 0 Å². The summed E-state index contributed by atoms with van der Waals surface area (Å²) in [7, 11) is 0. The Labute approximate surface area is 167 Å². The topological polar surface area (TPSA) is 0 Å². The van der Waals surface area contributed by atoms with E-state index >= 15 is 4.39 Å². The Hall–Kier alpha value is -3.71. The van der Waals surface area contributed by atoms with E-state index in [1.165, 1.54) is 10.8 Å². The van der Waals surface area contributed by atoms with Crippen LogP contribution in [0.15, 0.2) is 103 Å². The predicted molar refractivity (Wildman–Crippen MR) is 122 cm³/mol. The Bertz CT molecular complexity index is 1510. The van der Waals surface area contributed by atoms with Crippen LogP contribution in [0, 0.1) is 5.82 Å². The molecule has 136 valence electrons. The quantitative estimate of drug-likeness (QED) is 0.256. The van der Waals surface area contributed by atoms with Crippen LogP contribution in [0.5, 0.6) is 0 Å². The fourth-order valence-corrected chi connectivity index (χ4v) is 4.62. The Morgan fingerprint density at radius 2 is 0.862 bits per heavy atom. The summed E-state index contributed by atoms with van der Waals surface area (Å²) in [5, 5.41) is 8.43. The molecule has 0 saturated carbocycles. The first-order valence-electron chi connectivity index (χ1n) is 9.82. The summed E-state index contributed by atoms with van der Waals surface area (Å²) in [6.07, 6.45) is 0. The van der Waals surface area contributed by atoms with Gasteiger partial charge in [-0.2, -0.15) is 0 Å². The van der Waals surface area contributed by atoms with Gasteiger partial charge in [-0.05, 0) is 61.5 Å². The molecule has 0 bridgehead atoms. The van der Waals surface area contributed by atoms with Gasteiger partial charge in [-0.25, -0.2) is 4.39 Å².